The molecule has 0 aliphatic rings. The molecule has 0 amide bonds. The van der Waals surface area contributed by atoms with Gasteiger partial charge >= 0.3 is 0 Å². The van der Waals surface area contributed by atoms with Gasteiger partial charge in [-0.1, -0.05) is 84.9 Å². The Morgan fingerprint density at radius 2 is 0.929 bits per heavy atom. The summed E-state index contributed by atoms with van der Waals surface area (Å²) in [6.07, 6.45) is 0. The number of nitrogen functional groups attached to an aromatic ring is 2. The third-order valence-corrected chi connectivity index (χ3v) is 5.05. The minimum Gasteiger partial charge on any atom is -0.395 e. The fourth-order valence-corrected chi connectivity index (χ4v) is 3.76. The van der Waals surface area contributed by atoms with E-state index in [0.29, 0.717) is 17.1 Å². The summed E-state index contributed by atoms with van der Waals surface area (Å²) in [7, 11) is 0. The van der Waals surface area contributed by atoms with Gasteiger partial charge in [0.05, 0.1) is 5.69 Å². The first-order chi connectivity index (χ1) is 13.7. The van der Waals surface area contributed by atoms with Crippen molar-refractivity contribution in [3.05, 3.63) is 84.9 Å². The van der Waals surface area contributed by atoms with Gasteiger partial charge in [0.25, 0.3) is 0 Å². The minimum absolute atomic E-state index is 0.208. The zero-order valence-electron chi connectivity index (χ0n) is 15.1. The lowest BCUT2D eigenvalue weighted by Crippen LogP contribution is -2.05. The summed E-state index contributed by atoms with van der Waals surface area (Å²) < 4.78 is 0. The van der Waals surface area contributed by atoms with E-state index < -0.39 is 0 Å². The highest BCUT2D eigenvalue weighted by Crippen LogP contribution is 2.38. The molecule has 0 fully saturated rings. The summed E-state index contributed by atoms with van der Waals surface area (Å²) in [4.78, 5) is 9.00. The van der Waals surface area contributed by atoms with Crippen LogP contribution in [-0.2, 0) is 0 Å². The van der Waals surface area contributed by atoms with Gasteiger partial charge in [-0.25, -0.2) is 9.97 Å². The molecule has 4 aromatic carbocycles. The molecule has 28 heavy (non-hydrogen) atoms. The Labute approximate surface area is 162 Å². The lowest BCUT2D eigenvalue weighted by molar-refractivity contribution is 1.20. The van der Waals surface area contributed by atoms with E-state index in [2.05, 4.69) is 46.4 Å². The molecule has 4 nitrogen and oxygen atoms in total. The van der Waals surface area contributed by atoms with E-state index in [1.807, 2.05) is 48.5 Å². The first-order valence-electron chi connectivity index (χ1n) is 9.11. The van der Waals surface area contributed by atoms with Crippen LogP contribution in [0, 0.1) is 0 Å². The lowest BCUT2D eigenvalue weighted by atomic mass is 9.97. The van der Waals surface area contributed by atoms with Crippen LogP contribution in [0.15, 0.2) is 84.9 Å². The number of nitrogens with zero attached hydrogens (tertiary/aromatic N) is 2. The molecule has 1 aromatic heterocycles. The quantitative estimate of drug-likeness (QED) is 0.448. The molecular weight excluding hydrogens is 344 g/mol. The number of benzene rings is 4. The Balaban J connectivity index is 1.82. The fourth-order valence-electron chi connectivity index (χ4n) is 3.76. The fraction of sp³-hybridized carbons (Fsp3) is 0. The Hall–Kier alpha value is -3.92. The highest BCUT2D eigenvalue weighted by molar-refractivity contribution is 6.03. The van der Waals surface area contributed by atoms with Gasteiger partial charge in [0, 0.05) is 11.1 Å². The molecule has 5 rings (SSSR count). The van der Waals surface area contributed by atoms with E-state index in [4.69, 9.17) is 11.5 Å². The second kappa shape index (κ2) is 6.35. The van der Waals surface area contributed by atoms with Crippen LogP contribution in [0.5, 0.6) is 0 Å². The van der Waals surface area contributed by atoms with E-state index in [1.165, 1.54) is 0 Å². The van der Waals surface area contributed by atoms with Crippen molar-refractivity contribution in [2.75, 3.05) is 11.5 Å². The predicted octanol–water partition coefficient (Wildman–Crippen LogP) is 5.28. The summed E-state index contributed by atoms with van der Waals surface area (Å²) in [6.45, 7) is 0. The zero-order valence-corrected chi connectivity index (χ0v) is 15.1. The summed E-state index contributed by atoms with van der Waals surface area (Å²) in [6, 6.07) is 28.6. The average Bonchev–Trinajstić information content (AvgIpc) is 2.74. The second-order valence-electron chi connectivity index (χ2n) is 6.75. The molecule has 0 radical (unpaired) electrons. The molecule has 0 unspecified atom stereocenters. The molecule has 4 N–H and O–H groups in total. The van der Waals surface area contributed by atoms with Crippen molar-refractivity contribution in [1.29, 1.82) is 0 Å². The standard InChI is InChI=1S/C24H18N4/c25-21-22(19-13-5-9-15-7-1-3-11-17(15)19)27-24(26)28-23(21)20-14-6-10-16-8-2-4-12-18(16)20/h1-14H,25H2,(H2,26,27,28). The number of rotatable bonds is 2. The molecule has 0 aliphatic carbocycles. The van der Waals surface area contributed by atoms with Crippen LogP contribution >= 0.6 is 0 Å². The van der Waals surface area contributed by atoms with Crippen LogP contribution in [0.2, 0.25) is 0 Å². The summed E-state index contributed by atoms with van der Waals surface area (Å²) in [5, 5.41) is 4.42. The monoisotopic (exact) mass is 362 g/mol. The molecule has 0 bridgehead atoms. The van der Waals surface area contributed by atoms with Gasteiger partial charge in [0.15, 0.2) is 0 Å². The number of fused-ring (bicyclic) bond motifs is 2. The van der Waals surface area contributed by atoms with Gasteiger partial charge < -0.3 is 11.5 Å². The maximum absolute atomic E-state index is 6.62. The summed E-state index contributed by atoms with van der Waals surface area (Å²) in [5.74, 6) is 0.208. The molecule has 0 saturated carbocycles. The van der Waals surface area contributed by atoms with E-state index in [-0.39, 0.29) is 5.95 Å². The van der Waals surface area contributed by atoms with E-state index in [1.54, 1.807) is 0 Å². The first-order valence-corrected chi connectivity index (χ1v) is 9.11. The largest absolute Gasteiger partial charge is 0.395 e. The SMILES string of the molecule is Nc1nc(-c2cccc3ccccc23)c(N)c(-c2cccc3ccccc23)n1. The molecule has 0 spiro atoms. The van der Waals surface area contributed by atoms with Crippen molar-refractivity contribution in [3.63, 3.8) is 0 Å². The van der Waals surface area contributed by atoms with Crippen LogP contribution in [0.3, 0.4) is 0 Å². The zero-order chi connectivity index (χ0) is 19.1. The Morgan fingerprint density at radius 1 is 0.500 bits per heavy atom. The summed E-state index contributed by atoms with van der Waals surface area (Å²) in [5.41, 5.74) is 16.5. The molecule has 1 heterocycles. The number of anilines is 2. The van der Waals surface area contributed by atoms with Crippen LogP contribution in [0.4, 0.5) is 11.6 Å². The van der Waals surface area contributed by atoms with Crippen LogP contribution in [-0.4, -0.2) is 9.97 Å². The second-order valence-corrected chi connectivity index (χ2v) is 6.75. The van der Waals surface area contributed by atoms with Gasteiger partial charge in [0.1, 0.15) is 11.4 Å². The Morgan fingerprint density at radius 3 is 1.43 bits per heavy atom. The highest BCUT2D eigenvalue weighted by Gasteiger charge is 2.17. The third-order valence-electron chi connectivity index (χ3n) is 5.05. The molecule has 0 atom stereocenters. The van der Waals surface area contributed by atoms with Gasteiger partial charge in [0.2, 0.25) is 5.95 Å². The number of hydrogen-bond acceptors (Lipinski definition) is 4. The molecular formula is C24H18N4. The van der Waals surface area contributed by atoms with E-state index in [0.717, 1.165) is 32.7 Å². The minimum atomic E-state index is 0.208. The van der Waals surface area contributed by atoms with Crippen LogP contribution < -0.4 is 11.5 Å². The third kappa shape index (κ3) is 2.55. The smallest absolute Gasteiger partial charge is 0.221 e. The Kier molecular flexibility index (Phi) is 3.69. The van der Waals surface area contributed by atoms with Gasteiger partial charge in [-0.05, 0) is 21.5 Å². The maximum atomic E-state index is 6.62. The van der Waals surface area contributed by atoms with Crippen molar-refractivity contribution in [1.82, 2.24) is 9.97 Å². The van der Waals surface area contributed by atoms with Crippen molar-refractivity contribution < 1.29 is 0 Å². The normalized spacial score (nSPS) is 11.1. The van der Waals surface area contributed by atoms with Crippen molar-refractivity contribution in [3.8, 4) is 22.5 Å². The summed E-state index contributed by atoms with van der Waals surface area (Å²) >= 11 is 0. The van der Waals surface area contributed by atoms with Gasteiger partial charge in [-0.2, -0.15) is 0 Å². The predicted molar refractivity (Wildman–Crippen MR) is 117 cm³/mol. The lowest BCUT2D eigenvalue weighted by Gasteiger charge is -2.14. The first kappa shape index (κ1) is 16.3. The molecule has 5 aromatic rings. The number of nitrogens with two attached hydrogens (primary N) is 2. The van der Waals surface area contributed by atoms with Crippen LogP contribution in [0.1, 0.15) is 0 Å². The van der Waals surface area contributed by atoms with E-state index in [9.17, 15) is 0 Å². The molecule has 4 heteroatoms. The van der Waals surface area contributed by atoms with Crippen molar-refractivity contribution in [2.24, 2.45) is 0 Å². The van der Waals surface area contributed by atoms with Crippen molar-refractivity contribution >= 4 is 33.2 Å². The topological polar surface area (TPSA) is 77.8 Å². The van der Waals surface area contributed by atoms with E-state index >= 15 is 0 Å². The highest BCUT2D eigenvalue weighted by atomic mass is 15.0. The van der Waals surface area contributed by atoms with Gasteiger partial charge in [-0.15, -0.1) is 0 Å². The molecule has 0 saturated heterocycles. The average molecular weight is 362 g/mol. The molecule has 0 aliphatic heterocycles. The number of hydrogen-bond donors (Lipinski definition) is 2. The molecule has 134 valence electrons. The van der Waals surface area contributed by atoms with Crippen molar-refractivity contribution in [2.45, 2.75) is 0 Å². The Bertz CT molecular complexity index is 1230. The number of aromatic nitrogens is 2. The maximum Gasteiger partial charge on any atom is 0.221 e. The van der Waals surface area contributed by atoms with Gasteiger partial charge in [-0.3, -0.25) is 0 Å². The van der Waals surface area contributed by atoms with Crippen LogP contribution in [0.25, 0.3) is 44.1 Å².